The maximum absolute atomic E-state index is 12.2. The summed E-state index contributed by atoms with van der Waals surface area (Å²) < 4.78 is 0. The molecule has 0 spiro atoms. The molecule has 1 aromatic carbocycles. The molecule has 2 heterocycles. The predicted molar refractivity (Wildman–Crippen MR) is 77.9 cm³/mol. The van der Waals surface area contributed by atoms with Crippen LogP contribution in [0.4, 0.5) is 11.8 Å². The second-order valence-corrected chi connectivity index (χ2v) is 4.72. The summed E-state index contributed by atoms with van der Waals surface area (Å²) in [7, 11) is 0. The second-order valence-electron chi connectivity index (χ2n) is 4.72. The van der Waals surface area contributed by atoms with Gasteiger partial charge in [0.2, 0.25) is 5.95 Å². The van der Waals surface area contributed by atoms with Crippen LogP contribution in [-0.4, -0.2) is 15.8 Å². The van der Waals surface area contributed by atoms with Crippen molar-refractivity contribution < 1.29 is 0 Å². The molecule has 1 aromatic heterocycles. The van der Waals surface area contributed by atoms with Gasteiger partial charge in [-0.3, -0.25) is 9.78 Å². The Morgan fingerprint density at radius 2 is 1.95 bits per heavy atom. The van der Waals surface area contributed by atoms with Crippen molar-refractivity contribution in [3.05, 3.63) is 51.8 Å². The number of nitrogens with zero attached hydrogens (tertiary/aromatic N) is 3. The third-order valence-electron chi connectivity index (χ3n) is 3.45. The van der Waals surface area contributed by atoms with Crippen LogP contribution in [0.1, 0.15) is 17.0 Å². The maximum atomic E-state index is 12.2. The minimum Gasteiger partial charge on any atom is -0.386 e. The Morgan fingerprint density at radius 1 is 1.24 bits per heavy atom. The van der Waals surface area contributed by atoms with Gasteiger partial charge < -0.3 is 11.5 Å². The van der Waals surface area contributed by atoms with Crippen LogP contribution in [0.2, 0.25) is 0 Å². The molecule has 7 heteroatoms. The van der Waals surface area contributed by atoms with Crippen LogP contribution < -0.4 is 17.0 Å². The topological polar surface area (TPSA) is 134 Å². The Balaban J connectivity index is 2.31. The molecule has 2 atom stereocenters. The van der Waals surface area contributed by atoms with Crippen LogP contribution in [0.25, 0.3) is 0 Å². The van der Waals surface area contributed by atoms with Gasteiger partial charge in [0.25, 0.3) is 5.56 Å². The van der Waals surface area contributed by atoms with E-state index in [0.29, 0.717) is 5.56 Å². The second kappa shape index (κ2) is 4.76. The Bertz CT molecular complexity index is 818. The fraction of sp³-hybridized carbons (Fsp3) is 0.143. The van der Waals surface area contributed by atoms with E-state index in [9.17, 15) is 10.1 Å². The lowest BCUT2D eigenvalue weighted by Gasteiger charge is -2.26. The van der Waals surface area contributed by atoms with Crippen LogP contribution in [0.5, 0.6) is 0 Å². The first-order chi connectivity index (χ1) is 10.1. The molecule has 0 aliphatic carbocycles. The Hall–Kier alpha value is -3.14. The summed E-state index contributed by atoms with van der Waals surface area (Å²) in [4.78, 5) is 22.8. The lowest BCUT2D eigenvalue weighted by Crippen LogP contribution is -2.35. The molecular weight excluding hydrogens is 268 g/mol. The molecule has 0 fully saturated rings. The summed E-state index contributed by atoms with van der Waals surface area (Å²) in [5.41, 5.74) is 12.1. The van der Waals surface area contributed by atoms with Gasteiger partial charge in [-0.15, -0.1) is 0 Å². The van der Waals surface area contributed by atoms with Crippen LogP contribution >= 0.6 is 0 Å². The molecule has 104 valence electrons. The number of nitrogens with two attached hydrogens (primary N) is 2. The number of nitriles is 1. The molecule has 3 rings (SSSR count). The van der Waals surface area contributed by atoms with Crippen molar-refractivity contribution in [2.24, 2.45) is 16.6 Å². The molecule has 0 amide bonds. The minimum absolute atomic E-state index is 0.0301. The highest BCUT2D eigenvalue weighted by Gasteiger charge is 2.36. The number of hydrogen-bond acceptors (Lipinski definition) is 6. The van der Waals surface area contributed by atoms with Gasteiger partial charge in [0.1, 0.15) is 11.8 Å². The van der Waals surface area contributed by atoms with Crippen molar-refractivity contribution >= 4 is 17.6 Å². The molecule has 0 saturated carbocycles. The number of rotatable bonds is 1. The van der Waals surface area contributed by atoms with Crippen molar-refractivity contribution in [1.82, 2.24) is 9.97 Å². The van der Waals surface area contributed by atoms with E-state index in [1.807, 2.05) is 30.3 Å². The maximum Gasteiger partial charge on any atom is 0.258 e. The fourth-order valence-electron chi connectivity index (χ4n) is 2.54. The Kier molecular flexibility index (Phi) is 2.92. The first kappa shape index (κ1) is 12.9. The largest absolute Gasteiger partial charge is 0.386 e. The van der Waals surface area contributed by atoms with Crippen LogP contribution in [0.3, 0.4) is 0 Å². The van der Waals surface area contributed by atoms with Crippen molar-refractivity contribution in [2.75, 3.05) is 5.73 Å². The van der Waals surface area contributed by atoms with Gasteiger partial charge >= 0.3 is 0 Å². The van der Waals surface area contributed by atoms with Crippen molar-refractivity contribution in [3.63, 3.8) is 0 Å². The summed E-state index contributed by atoms with van der Waals surface area (Å²) in [6.45, 7) is 0. The SMILES string of the molecule is N#C[C@@H]1C(N)=Nc2nc(N)[nH]c(=O)c2[C@@H]1c1ccccc1. The Morgan fingerprint density at radius 3 is 2.62 bits per heavy atom. The Labute approximate surface area is 120 Å². The van der Waals surface area contributed by atoms with Crippen LogP contribution in [0.15, 0.2) is 40.1 Å². The third-order valence-corrected chi connectivity index (χ3v) is 3.45. The number of fused-ring (bicyclic) bond motifs is 1. The van der Waals surface area contributed by atoms with Gasteiger partial charge in [0, 0.05) is 5.92 Å². The minimum atomic E-state index is -0.716. The summed E-state index contributed by atoms with van der Waals surface area (Å²) >= 11 is 0. The van der Waals surface area contributed by atoms with E-state index in [2.05, 4.69) is 21.0 Å². The summed E-state index contributed by atoms with van der Waals surface area (Å²) in [6.07, 6.45) is 0. The molecule has 7 nitrogen and oxygen atoms in total. The van der Waals surface area contributed by atoms with Gasteiger partial charge in [0.05, 0.1) is 11.6 Å². The number of nitrogens with one attached hydrogen (secondary N) is 1. The van der Waals surface area contributed by atoms with Crippen molar-refractivity contribution in [3.8, 4) is 6.07 Å². The van der Waals surface area contributed by atoms with E-state index in [4.69, 9.17) is 11.5 Å². The molecule has 1 aliphatic heterocycles. The fourth-order valence-corrected chi connectivity index (χ4v) is 2.54. The molecule has 0 saturated heterocycles. The van der Waals surface area contributed by atoms with Crippen LogP contribution in [-0.2, 0) is 0 Å². The lowest BCUT2D eigenvalue weighted by atomic mass is 9.79. The predicted octanol–water partition coefficient (Wildman–Crippen LogP) is 0.626. The van der Waals surface area contributed by atoms with E-state index >= 15 is 0 Å². The van der Waals surface area contributed by atoms with Gasteiger partial charge in [-0.05, 0) is 5.56 Å². The van der Waals surface area contributed by atoms with E-state index in [-0.39, 0.29) is 17.6 Å². The van der Waals surface area contributed by atoms with Gasteiger partial charge in [-0.2, -0.15) is 10.2 Å². The molecule has 5 N–H and O–H groups in total. The van der Waals surface area contributed by atoms with E-state index in [1.54, 1.807) is 0 Å². The zero-order chi connectivity index (χ0) is 15.0. The molecule has 2 aromatic rings. The highest BCUT2D eigenvalue weighted by atomic mass is 16.1. The number of benzene rings is 1. The van der Waals surface area contributed by atoms with Crippen LogP contribution in [0, 0.1) is 17.2 Å². The van der Waals surface area contributed by atoms with Gasteiger partial charge in [0.15, 0.2) is 5.82 Å². The first-order valence-corrected chi connectivity index (χ1v) is 6.30. The summed E-state index contributed by atoms with van der Waals surface area (Å²) in [5.74, 6) is -0.949. The lowest BCUT2D eigenvalue weighted by molar-refractivity contribution is 0.696. The van der Waals surface area contributed by atoms with Gasteiger partial charge in [-0.25, -0.2) is 4.99 Å². The first-order valence-electron chi connectivity index (χ1n) is 6.30. The molecule has 0 bridgehead atoms. The number of anilines is 1. The zero-order valence-corrected chi connectivity index (χ0v) is 10.9. The smallest absolute Gasteiger partial charge is 0.258 e. The quantitative estimate of drug-likeness (QED) is 0.704. The number of H-pyrrole nitrogens is 1. The average molecular weight is 280 g/mol. The average Bonchev–Trinajstić information content (AvgIpc) is 2.46. The third kappa shape index (κ3) is 2.03. The number of nitrogen functional groups attached to an aromatic ring is 1. The standard InChI is InChI=1S/C14H12N6O/c15-6-8-9(7-4-2-1-3-5-7)10-12(18-11(8)16)19-14(17)20-13(10)21/h1-5,8-9H,(H5,16,17,18,19,20,21)/t8-,9+/m0/s1. The zero-order valence-electron chi connectivity index (χ0n) is 10.9. The number of amidine groups is 1. The number of aromatic nitrogens is 2. The van der Waals surface area contributed by atoms with E-state index in [1.165, 1.54) is 0 Å². The number of aromatic amines is 1. The van der Waals surface area contributed by atoms with Crippen molar-refractivity contribution in [2.45, 2.75) is 5.92 Å². The molecular formula is C14H12N6O. The van der Waals surface area contributed by atoms with E-state index < -0.39 is 17.4 Å². The van der Waals surface area contributed by atoms with Gasteiger partial charge in [-0.1, -0.05) is 30.3 Å². The number of aliphatic imine (C=N–C) groups is 1. The van der Waals surface area contributed by atoms with E-state index in [0.717, 1.165) is 5.56 Å². The molecule has 21 heavy (non-hydrogen) atoms. The van der Waals surface area contributed by atoms with Crippen molar-refractivity contribution in [1.29, 1.82) is 5.26 Å². The summed E-state index contributed by atoms with van der Waals surface area (Å²) in [5, 5.41) is 9.40. The monoisotopic (exact) mass is 280 g/mol. The highest BCUT2D eigenvalue weighted by molar-refractivity contribution is 5.91. The summed E-state index contributed by atoms with van der Waals surface area (Å²) in [6, 6.07) is 11.3. The molecule has 0 radical (unpaired) electrons. The number of hydrogen-bond donors (Lipinski definition) is 3. The molecule has 1 aliphatic rings. The highest BCUT2D eigenvalue weighted by Crippen LogP contribution is 2.38. The molecule has 0 unspecified atom stereocenters. The normalized spacial score (nSPS) is 20.2.